The smallest absolute Gasteiger partial charge is 0.340 e. The van der Waals surface area contributed by atoms with Crippen LogP contribution in [-0.2, 0) is 4.79 Å². The molecule has 1 fully saturated rings. The van der Waals surface area contributed by atoms with Crippen molar-refractivity contribution in [1.82, 2.24) is 9.88 Å². The van der Waals surface area contributed by atoms with Gasteiger partial charge in [-0.25, -0.2) is 18.6 Å². The molecule has 6 nitrogen and oxygen atoms in total. The first-order chi connectivity index (χ1) is 11.2. The van der Waals surface area contributed by atoms with Crippen LogP contribution in [0.2, 0.25) is 0 Å². The van der Waals surface area contributed by atoms with Gasteiger partial charge in [0, 0.05) is 18.8 Å². The van der Waals surface area contributed by atoms with Gasteiger partial charge in [0.25, 0.3) is 5.91 Å². The Morgan fingerprint density at radius 1 is 1.42 bits per heavy atom. The third-order valence-corrected chi connectivity index (χ3v) is 3.51. The number of aromatic nitrogens is 1. The van der Waals surface area contributed by atoms with Gasteiger partial charge in [0.05, 0.1) is 5.56 Å². The molecule has 0 spiro atoms. The number of carbonyl (C=O) groups is 2. The average Bonchev–Trinajstić information content (AvgIpc) is 3.02. The number of ether oxygens (including phenoxy) is 1. The fourth-order valence-corrected chi connectivity index (χ4v) is 2.26. The molecule has 132 valence electrons. The SMILES string of the molecule is O=C(O)[C@H]1CCCN1C(=O)c1ccc(OCC(F)(F)C(F)F)nc1. The second kappa shape index (κ2) is 7.02. The summed E-state index contributed by atoms with van der Waals surface area (Å²) < 4.78 is 54.0. The largest absolute Gasteiger partial charge is 0.480 e. The predicted octanol–water partition coefficient (Wildman–Crippen LogP) is 2.05. The summed E-state index contributed by atoms with van der Waals surface area (Å²) in [6, 6.07) is 1.38. The molecule has 0 saturated carbocycles. The minimum atomic E-state index is -4.31. The van der Waals surface area contributed by atoms with Crippen molar-refractivity contribution in [3.8, 4) is 5.88 Å². The van der Waals surface area contributed by atoms with Crippen LogP contribution in [-0.4, -0.2) is 58.4 Å². The number of rotatable bonds is 6. The van der Waals surface area contributed by atoms with Crippen LogP contribution in [0.3, 0.4) is 0 Å². The molecular formula is C14H14F4N2O4. The molecule has 1 aliphatic heterocycles. The zero-order valence-corrected chi connectivity index (χ0v) is 12.3. The number of amides is 1. The van der Waals surface area contributed by atoms with Gasteiger partial charge in [-0.15, -0.1) is 0 Å². The van der Waals surface area contributed by atoms with Crippen LogP contribution >= 0.6 is 0 Å². The molecular weight excluding hydrogens is 336 g/mol. The zero-order valence-electron chi connectivity index (χ0n) is 12.3. The molecule has 0 aromatic carbocycles. The third-order valence-electron chi connectivity index (χ3n) is 3.51. The van der Waals surface area contributed by atoms with Gasteiger partial charge >= 0.3 is 18.3 Å². The van der Waals surface area contributed by atoms with Gasteiger partial charge < -0.3 is 14.7 Å². The number of carbonyl (C=O) groups excluding carboxylic acids is 1. The first-order valence-electron chi connectivity index (χ1n) is 7.01. The van der Waals surface area contributed by atoms with Crippen LogP contribution in [0, 0.1) is 0 Å². The Hall–Kier alpha value is -2.39. The van der Waals surface area contributed by atoms with Crippen LogP contribution in [0.5, 0.6) is 5.88 Å². The standard InChI is InChI=1S/C14H14F4N2O4/c15-13(16)14(17,18)7-24-10-4-3-8(6-19-10)11(21)20-5-1-2-9(20)12(22)23/h3-4,6,9,13H,1-2,5,7H2,(H,22,23)/t9-/m1/s1. The average molecular weight is 350 g/mol. The van der Waals surface area contributed by atoms with Crippen molar-refractivity contribution in [2.75, 3.05) is 13.2 Å². The van der Waals surface area contributed by atoms with Crippen molar-refractivity contribution in [2.45, 2.75) is 31.2 Å². The molecule has 1 aliphatic rings. The monoisotopic (exact) mass is 350 g/mol. The maximum absolute atomic E-state index is 12.7. The van der Waals surface area contributed by atoms with Crippen LogP contribution in [0.1, 0.15) is 23.2 Å². The summed E-state index contributed by atoms with van der Waals surface area (Å²) in [5, 5.41) is 9.05. The molecule has 1 N–H and O–H groups in total. The first-order valence-corrected chi connectivity index (χ1v) is 7.01. The molecule has 1 aromatic rings. The maximum Gasteiger partial charge on any atom is 0.340 e. The highest BCUT2D eigenvalue weighted by Crippen LogP contribution is 2.24. The Labute approximate surface area is 134 Å². The normalized spacial score (nSPS) is 18.0. The van der Waals surface area contributed by atoms with Crippen LogP contribution in [0.4, 0.5) is 17.6 Å². The van der Waals surface area contributed by atoms with Gasteiger partial charge in [-0.3, -0.25) is 4.79 Å². The van der Waals surface area contributed by atoms with Crippen molar-refractivity contribution in [1.29, 1.82) is 0 Å². The lowest BCUT2D eigenvalue weighted by atomic mass is 10.2. The molecule has 1 amide bonds. The van der Waals surface area contributed by atoms with Gasteiger partial charge in [0.2, 0.25) is 5.88 Å². The van der Waals surface area contributed by atoms with Gasteiger partial charge in [-0.05, 0) is 18.9 Å². The Morgan fingerprint density at radius 3 is 2.67 bits per heavy atom. The summed E-state index contributed by atoms with van der Waals surface area (Å²) in [6.07, 6.45) is -1.94. The van der Waals surface area contributed by atoms with Crippen molar-refractivity contribution in [3.63, 3.8) is 0 Å². The molecule has 2 heterocycles. The fraction of sp³-hybridized carbons (Fsp3) is 0.500. The minimum absolute atomic E-state index is 0.0520. The number of nitrogens with zero attached hydrogens (tertiary/aromatic N) is 2. The summed E-state index contributed by atoms with van der Waals surface area (Å²) in [6.45, 7) is -1.26. The van der Waals surface area contributed by atoms with E-state index in [1.807, 2.05) is 0 Å². The molecule has 0 aliphatic carbocycles. The van der Waals surface area contributed by atoms with Crippen LogP contribution in [0.25, 0.3) is 0 Å². The van der Waals surface area contributed by atoms with Gasteiger partial charge in [-0.2, -0.15) is 8.78 Å². The van der Waals surface area contributed by atoms with E-state index < -0.39 is 36.9 Å². The molecule has 2 rings (SSSR count). The number of hydrogen-bond acceptors (Lipinski definition) is 4. The van der Waals surface area contributed by atoms with Crippen molar-refractivity contribution in [2.24, 2.45) is 0 Å². The van der Waals surface area contributed by atoms with Crippen molar-refractivity contribution >= 4 is 11.9 Å². The second-order valence-electron chi connectivity index (χ2n) is 5.23. The van der Waals surface area contributed by atoms with E-state index in [0.29, 0.717) is 12.8 Å². The molecule has 10 heteroatoms. The molecule has 0 unspecified atom stereocenters. The van der Waals surface area contributed by atoms with E-state index in [2.05, 4.69) is 9.72 Å². The van der Waals surface area contributed by atoms with E-state index in [-0.39, 0.29) is 18.0 Å². The lowest BCUT2D eigenvalue weighted by Gasteiger charge is -2.21. The topological polar surface area (TPSA) is 79.7 Å². The Bertz CT molecular complexity index is 609. The zero-order chi connectivity index (χ0) is 17.9. The number of likely N-dealkylation sites (tertiary alicyclic amines) is 1. The molecule has 1 atom stereocenters. The summed E-state index contributed by atoms with van der Waals surface area (Å²) >= 11 is 0. The van der Waals surface area contributed by atoms with Crippen LogP contribution in [0.15, 0.2) is 18.3 Å². The van der Waals surface area contributed by atoms with Crippen molar-refractivity contribution in [3.05, 3.63) is 23.9 Å². The Balaban J connectivity index is 2.01. The van der Waals surface area contributed by atoms with E-state index in [4.69, 9.17) is 5.11 Å². The highest BCUT2D eigenvalue weighted by atomic mass is 19.3. The van der Waals surface area contributed by atoms with E-state index in [0.717, 1.165) is 12.3 Å². The predicted molar refractivity (Wildman–Crippen MR) is 72.4 cm³/mol. The molecule has 1 saturated heterocycles. The number of alkyl halides is 4. The molecule has 0 bridgehead atoms. The highest BCUT2D eigenvalue weighted by molar-refractivity contribution is 5.96. The molecule has 24 heavy (non-hydrogen) atoms. The third kappa shape index (κ3) is 3.92. The number of carboxylic acids is 1. The number of halogens is 4. The molecule has 0 radical (unpaired) electrons. The van der Waals surface area contributed by atoms with Gasteiger partial charge in [-0.1, -0.05) is 0 Å². The summed E-state index contributed by atoms with van der Waals surface area (Å²) in [5.74, 6) is -6.32. The fourth-order valence-electron chi connectivity index (χ4n) is 2.26. The van der Waals surface area contributed by atoms with Gasteiger partial charge in [0.15, 0.2) is 6.61 Å². The quantitative estimate of drug-likeness (QED) is 0.795. The number of hydrogen-bond donors (Lipinski definition) is 1. The maximum atomic E-state index is 12.7. The Morgan fingerprint density at radius 2 is 2.12 bits per heavy atom. The van der Waals surface area contributed by atoms with E-state index >= 15 is 0 Å². The van der Waals surface area contributed by atoms with E-state index in [1.165, 1.54) is 11.0 Å². The van der Waals surface area contributed by atoms with E-state index in [9.17, 15) is 27.2 Å². The van der Waals surface area contributed by atoms with Gasteiger partial charge in [0.1, 0.15) is 6.04 Å². The number of pyridine rings is 1. The minimum Gasteiger partial charge on any atom is -0.480 e. The number of aliphatic carboxylic acids is 1. The van der Waals surface area contributed by atoms with Crippen molar-refractivity contribution < 1.29 is 37.0 Å². The highest BCUT2D eigenvalue weighted by Gasteiger charge is 2.42. The lowest BCUT2D eigenvalue weighted by molar-refractivity contribution is -0.148. The summed E-state index contributed by atoms with van der Waals surface area (Å²) in [4.78, 5) is 28.1. The number of carboxylic acid groups (broad SMARTS) is 1. The summed E-state index contributed by atoms with van der Waals surface area (Å²) in [7, 11) is 0. The Kier molecular flexibility index (Phi) is 5.25. The van der Waals surface area contributed by atoms with Crippen LogP contribution < -0.4 is 4.74 Å². The first kappa shape index (κ1) is 18.0. The molecule has 1 aromatic heterocycles. The summed E-state index contributed by atoms with van der Waals surface area (Å²) in [5.41, 5.74) is 0.0520. The van der Waals surface area contributed by atoms with E-state index in [1.54, 1.807) is 0 Å². The lowest BCUT2D eigenvalue weighted by Crippen LogP contribution is -2.40. The second-order valence-corrected chi connectivity index (χ2v) is 5.23.